The zero-order valence-corrected chi connectivity index (χ0v) is 13.3. The molecule has 2 rings (SSSR count). The molecule has 1 heterocycles. The molecule has 1 aromatic carbocycles. The summed E-state index contributed by atoms with van der Waals surface area (Å²) < 4.78 is 0.518. The van der Waals surface area contributed by atoms with E-state index in [1.54, 1.807) is 18.2 Å². The predicted octanol–water partition coefficient (Wildman–Crippen LogP) is 3.49. The summed E-state index contributed by atoms with van der Waals surface area (Å²) in [6.07, 6.45) is 2.40. The van der Waals surface area contributed by atoms with Gasteiger partial charge in [0.05, 0.1) is 15.4 Å². The van der Waals surface area contributed by atoms with Crippen molar-refractivity contribution >= 4 is 44.9 Å². The molecular formula is C14H11BrN2O3S. The third-order valence-electron chi connectivity index (χ3n) is 2.81. The summed E-state index contributed by atoms with van der Waals surface area (Å²) >= 11 is 4.08. The largest absolute Gasteiger partial charge is 0.507 e. The second-order valence-electron chi connectivity index (χ2n) is 4.31. The van der Waals surface area contributed by atoms with Gasteiger partial charge in [-0.05, 0) is 57.9 Å². The second-order valence-corrected chi connectivity index (χ2v) is 6.15. The second kappa shape index (κ2) is 6.78. The van der Waals surface area contributed by atoms with Gasteiger partial charge < -0.3 is 5.11 Å². The first-order valence-electron chi connectivity index (χ1n) is 6.14. The van der Waals surface area contributed by atoms with Gasteiger partial charge in [0.2, 0.25) is 0 Å². The fourth-order valence-corrected chi connectivity index (χ4v) is 3.03. The van der Waals surface area contributed by atoms with Crippen LogP contribution in [0.5, 0.6) is 5.75 Å². The van der Waals surface area contributed by atoms with Gasteiger partial charge in [0.15, 0.2) is 0 Å². The molecule has 0 unspecified atom stereocenters. The number of rotatable bonds is 4. The van der Waals surface area contributed by atoms with E-state index in [1.807, 2.05) is 6.07 Å². The zero-order valence-electron chi connectivity index (χ0n) is 10.9. The molecule has 1 aromatic rings. The monoisotopic (exact) mass is 366 g/mol. The molecule has 0 aromatic heterocycles. The minimum Gasteiger partial charge on any atom is -0.507 e. The van der Waals surface area contributed by atoms with E-state index in [1.165, 1.54) is 6.07 Å². The van der Waals surface area contributed by atoms with Crippen LogP contribution in [0.25, 0.3) is 6.08 Å². The quantitative estimate of drug-likeness (QED) is 0.651. The number of hydrogen-bond donors (Lipinski definition) is 1. The summed E-state index contributed by atoms with van der Waals surface area (Å²) in [5.74, 6) is -0.233. The van der Waals surface area contributed by atoms with Gasteiger partial charge in [0.25, 0.3) is 11.1 Å². The molecule has 1 aliphatic rings. The fraction of sp³-hybridized carbons (Fsp3) is 0.214. The van der Waals surface area contributed by atoms with Crippen LogP contribution in [-0.4, -0.2) is 27.7 Å². The summed E-state index contributed by atoms with van der Waals surface area (Å²) in [6.45, 7) is 0.259. The summed E-state index contributed by atoms with van der Waals surface area (Å²) in [7, 11) is 0. The maximum atomic E-state index is 12.1. The molecule has 1 fully saturated rings. The molecule has 0 atom stereocenters. The molecule has 7 heteroatoms. The number of carbonyl (C=O) groups excluding carboxylic acids is 2. The van der Waals surface area contributed by atoms with Crippen molar-refractivity contribution in [1.29, 1.82) is 5.26 Å². The third-order valence-corrected chi connectivity index (χ3v) is 4.36. The van der Waals surface area contributed by atoms with E-state index in [4.69, 9.17) is 5.26 Å². The lowest BCUT2D eigenvalue weighted by Gasteiger charge is -2.10. The molecule has 0 aliphatic carbocycles. The molecule has 108 valence electrons. The maximum Gasteiger partial charge on any atom is 0.293 e. The molecule has 1 N–H and O–H groups in total. The van der Waals surface area contributed by atoms with Crippen LogP contribution in [0.15, 0.2) is 27.6 Å². The van der Waals surface area contributed by atoms with E-state index in [9.17, 15) is 14.7 Å². The number of thioether (sulfide) groups is 1. The Hall–Kier alpha value is -1.78. The Labute approximate surface area is 134 Å². The SMILES string of the molecule is N#CCCCN1C(=O)S/C(=C\c2ccc(O)c(Br)c2)C1=O. The zero-order chi connectivity index (χ0) is 15.4. The van der Waals surface area contributed by atoms with Crippen molar-refractivity contribution in [3.8, 4) is 11.8 Å². The van der Waals surface area contributed by atoms with Crippen LogP contribution in [0, 0.1) is 11.3 Å². The first-order valence-corrected chi connectivity index (χ1v) is 7.74. The molecule has 2 amide bonds. The first-order chi connectivity index (χ1) is 10.0. The standard InChI is InChI=1S/C14H11BrN2O3S/c15-10-7-9(3-4-11(10)18)8-12-13(19)17(14(20)21-12)6-2-1-5-16/h3-4,7-8,18H,1-2,6H2/b12-8-. The van der Waals surface area contributed by atoms with E-state index in [0.29, 0.717) is 27.8 Å². The Morgan fingerprint density at radius 1 is 1.43 bits per heavy atom. The number of nitrogens with zero attached hydrogens (tertiary/aromatic N) is 2. The van der Waals surface area contributed by atoms with Crippen molar-refractivity contribution in [1.82, 2.24) is 4.90 Å². The smallest absolute Gasteiger partial charge is 0.293 e. The Morgan fingerprint density at radius 3 is 2.86 bits per heavy atom. The Bertz CT molecular complexity index is 667. The molecule has 1 saturated heterocycles. The highest BCUT2D eigenvalue weighted by Crippen LogP contribution is 2.33. The van der Waals surface area contributed by atoms with Crippen LogP contribution in [0.2, 0.25) is 0 Å². The van der Waals surface area contributed by atoms with Crippen molar-refractivity contribution in [3.63, 3.8) is 0 Å². The number of halogens is 1. The fourth-order valence-electron chi connectivity index (χ4n) is 1.77. The molecule has 1 aliphatic heterocycles. The number of imide groups is 1. The predicted molar refractivity (Wildman–Crippen MR) is 83.3 cm³/mol. The van der Waals surface area contributed by atoms with Crippen LogP contribution in [0.1, 0.15) is 18.4 Å². The molecular weight excluding hydrogens is 356 g/mol. The highest BCUT2D eigenvalue weighted by molar-refractivity contribution is 9.10. The summed E-state index contributed by atoms with van der Waals surface area (Å²) in [5, 5.41) is 17.6. The lowest BCUT2D eigenvalue weighted by Crippen LogP contribution is -2.29. The molecule has 0 bridgehead atoms. The molecule has 21 heavy (non-hydrogen) atoms. The van der Waals surface area contributed by atoms with E-state index in [0.717, 1.165) is 16.7 Å². The van der Waals surface area contributed by atoms with E-state index >= 15 is 0 Å². The number of nitriles is 1. The number of benzene rings is 1. The Kier molecular flexibility index (Phi) is 5.04. The lowest BCUT2D eigenvalue weighted by molar-refractivity contribution is -0.122. The number of phenols is 1. The van der Waals surface area contributed by atoms with Gasteiger partial charge in [-0.15, -0.1) is 0 Å². The number of phenolic OH excluding ortho intramolecular Hbond substituents is 1. The van der Waals surface area contributed by atoms with Crippen LogP contribution in [0.3, 0.4) is 0 Å². The van der Waals surface area contributed by atoms with Gasteiger partial charge in [-0.2, -0.15) is 5.26 Å². The van der Waals surface area contributed by atoms with Gasteiger partial charge in [-0.3, -0.25) is 14.5 Å². The van der Waals surface area contributed by atoms with Gasteiger partial charge in [0.1, 0.15) is 5.75 Å². The van der Waals surface area contributed by atoms with Crippen LogP contribution >= 0.6 is 27.7 Å². The summed E-state index contributed by atoms with van der Waals surface area (Å²) in [5.41, 5.74) is 0.710. The average molecular weight is 367 g/mol. The Morgan fingerprint density at radius 2 is 2.19 bits per heavy atom. The lowest BCUT2D eigenvalue weighted by atomic mass is 10.2. The Balaban J connectivity index is 2.16. The van der Waals surface area contributed by atoms with Crippen LogP contribution in [0.4, 0.5) is 4.79 Å². The molecule has 0 saturated carbocycles. The average Bonchev–Trinajstić information content (AvgIpc) is 2.70. The first kappa shape index (κ1) is 15.6. The highest BCUT2D eigenvalue weighted by atomic mass is 79.9. The minimum absolute atomic E-state index is 0.108. The van der Waals surface area contributed by atoms with E-state index in [-0.39, 0.29) is 23.4 Å². The number of unbranched alkanes of at least 4 members (excludes halogenated alkanes) is 1. The number of carbonyl (C=O) groups is 2. The van der Waals surface area contributed by atoms with Crippen molar-refractivity contribution in [2.24, 2.45) is 0 Å². The third kappa shape index (κ3) is 3.65. The van der Waals surface area contributed by atoms with Gasteiger partial charge >= 0.3 is 0 Å². The van der Waals surface area contributed by atoms with Crippen molar-refractivity contribution < 1.29 is 14.7 Å². The highest BCUT2D eigenvalue weighted by Gasteiger charge is 2.34. The van der Waals surface area contributed by atoms with E-state index in [2.05, 4.69) is 15.9 Å². The van der Waals surface area contributed by atoms with E-state index < -0.39 is 0 Å². The van der Waals surface area contributed by atoms with Crippen molar-refractivity contribution in [3.05, 3.63) is 33.1 Å². The summed E-state index contributed by atoms with van der Waals surface area (Å²) in [6, 6.07) is 6.81. The number of amides is 2. The minimum atomic E-state index is -0.341. The molecule has 5 nitrogen and oxygen atoms in total. The van der Waals surface area contributed by atoms with Crippen molar-refractivity contribution in [2.45, 2.75) is 12.8 Å². The topological polar surface area (TPSA) is 81.4 Å². The van der Waals surface area contributed by atoms with Gasteiger partial charge in [-0.25, -0.2) is 0 Å². The maximum absolute atomic E-state index is 12.1. The van der Waals surface area contributed by atoms with Gasteiger partial charge in [-0.1, -0.05) is 6.07 Å². The molecule has 0 radical (unpaired) electrons. The van der Waals surface area contributed by atoms with Crippen LogP contribution in [-0.2, 0) is 4.79 Å². The summed E-state index contributed by atoms with van der Waals surface area (Å²) in [4.78, 5) is 25.4. The van der Waals surface area contributed by atoms with Crippen molar-refractivity contribution in [2.75, 3.05) is 6.54 Å². The normalized spacial score (nSPS) is 16.6. The number of hydrogen-bond acceptors (Lipinski definition) is 5. The number of aromatic hydroxyl groups is 1. The van der Waals surface area contributed by atoms with Gasteiger partial charge in [0, 0.05) is 13.0 Å². The molecule has 0 spiro atoms. The van der Waals surface area contributed by atoms with Crippen LogP contribution < -0.4 is 0 Å².